The van der Waals surface area contributed by atoms with Gasteiger partial charge in [-0.25, -0.2) is 4.98 Å². The summed E-state index contributed by atoms with van der Waals surface area (Å²) in [6.07, 6.45) is 3.65. The summed E-state index contributed by atoms with van der Waals surface area (Å²) in [5.41, 5.74) is 2.18. The number of amides is 1. The molecule has 6 nitrogen and oxygen atoms in total. The Labute approximate surface area is 171 Å². The molecule has 0 unspecified atom stereocenters. The molecule has 154 valence electrons. The SMILES string of the molecule is COc1ccccc1OCCCCn1c(CCCNC(C)=O)nc2ccccc21. The molecular formula is C23H29N3O3. The number of nitrogens with one attached hydrogen (secondary N) is 1. The average molecular weight is 396 g/mol. The number of methoxy groups -OCH3 is 1. The third-order valence-electron chi connectivity index (χ3n) is 4.79. The van der Waals surface area contributed by atoms with Crippen molar-refractivity contribution < 1.29 is 14.3 Å². The Morgan fingerprint density at radius 3 is 2.59 bits per heavy atom. The van der Waals surface area contributed by atoms with Crippen LogP contribution in [0.15, 0.2) is 48.5 Å². The van der Waals surface area contributed by atoms with Crippen molar-refractivity contribution in [2.45, 2.75) is 39.2 Å². The van der Waals surface area contributed by atoms with Gasteiger partial charge in [0.15, 0.2) is 11.5 Å². The van der Waals surface area contributed by atoms with Crippen LogP contribution in [0.25, 0.3) is 11.0 Å². The van der Waals surface area contributed by atoms with Gasteiger partial charge in [0.1, 0.15) is 5.82 Å². The zero-order valence-corrected chi connectivity index (χ0v) is 17.2. The lowest BCUT2D eigenvalue weighted by molar-refractivity contribution is -0.118. The topological polar surface area (TPSA) is 65.4 Å². The van der Waals surface area contributed by atoms with Crippen molar-refractivity contribution in [2.75, 3.05) is 20.3 Å². The zero-order chi connectivity index (χ0) is 20.5. The summed E-state index contributed by atoms with van der Waals surface area (Å²) in [6, 6.07) is 15.9. The Morgan fingerprint density at radius 2 is 1.79 bits per heavy atom. The lowest BCUT2D eigenvalue weighted by Crippen LogP contribution is -2.21. The van der Waals surface area contributed by atoms with Gasteiger partial charge in [0, 0.05) is 26.4 Å². The van der Waals surface area contributed by atoms with Gasteiger partial charge in [0.05, 0.1) is 24.8 Å². The maximum Gasteiger partial charge on any atom is 0.216 e. The monoisotopic (exact) mass is 395 g/mol. The number of rotatable bonds is 11. The van der Waals surface area contributed by atoms with Gasteiger partial charge < -0.3 is 19.4 Å². The van der Waals surface area contributed by atoms with Crippen molar-refractivity contribution in [3.63, 3.8) is 0 Å². The molecule has 3 aromatic rings. The molecule has 29 heavy (non-hydrogen) atoms. The van der Waals surface area contributed by atoms with E-state index in [1.54, 1.807) is 14.0 Å². The predicted molar refractivity (Wildman–Crippen MR) is 114 cm³/mol. The molecular weight excluding hydrogens is 366 g/mol. The van der Waals surface area contributed by atoms with Gasteiger partial charge in [-0.3, -0.25) is 4.79 Å². The second-order valence-electron chi connectivity index (χ2n) is 6.96. The van der Waals surface area contributed by atoms with Gasteiger partial charge in [-0.15, -0.1) is 0 Å². The molecule has 0 radical (unpaired) electrons. The van der Waals surface area contributed by atoms with Gasteiger partial charge in [-0.2, -0.15) is 0 Å². The number of imidazole rings is 1. The van der Waals surface area contributed by atoms with Crippen LogP contribution in [-0.2, 0) is 17.8 Å². The van der Waals surface area contributed by atoms with Crippen LogP contribution in [0.3, 0.4) is 0 Å². The maximum absolute atomic E-state index is 11.1. The van der Waals surface area contributed by atoms with E-state index < -0.39 is 0 Å². The Bertz CT molecular complexity index is 936. The number of para-hydroxylation sites is 4. The molecule has 0 spiro atoms. The first-order chi connectivity index (χ1) is 14.2. The highest BCUT2D eigenvalue weighted by molar-refractivity contribution is 5.76. The number of fused-ring (bicyclic) bond motifs is 1. The fourth-order valence-electron chi connectivity index (χ4n) is 3.37. The summed E-state index contributed by atoms with van der Waals surface area (Å²) >= 11 is 0. The van der Waals surface area contributed by atoms with Crippen LogP contribution in [0.4, 0.5) is 0 Å². The first-order valence-corrected chi connectivity index (χ1v) is 10.1. The average Bonchev–Trinajstić information content (AvgIpc) is 3.08. The second kappa shape index (κ2) is 10.5. The minimum Gasteiger partial charge on any atom is -0.493 e. The van der Waals surface area contributed by atoms with E-state index in [0.717, 1.165) is 60.6 Å². The number of benzene rings is 2. The molecule has 0 saturated heterocycles. The van der Waals surface area contributed by atoms with Gasteiger partial charge in [-0.05, 0) is 43.5 Å². The third kappa shape index (κ3) is 5.73. The molecule has 1 N–H and O–H groups in total. The van der Waals surface area contributed by atoms with Crippen molar-refractivity contribution in [1.29, 1.82) is 0 Å². The van der Waals surface area contributed by atoms with Crippen molar-refractivity contribution >= 4 is 16.9 Å². The molecule has 1 heterocycles. The Hall–Kier alpha value is -3.02. The molecule has 6 heteroatoms. The van der Waals surface area contributed by atoms with Crippen molar-refractivity contribution in [3.05, 3.63) is 54.4 Å². The number of ether oxygens (including phenoxy) is 2. The largest absolute Gasteiger partial charge is 0.493 e. The van der Waals surface area contributed by atoms with Crippen LogP contribution < -0.4 is 14.8 Å². The molecule has 0 aliphatic carbocycles. The third-order valence-corrected chi connectivity index (χ3v) is 4.79. The second-order valence-corrected chi connectivity index (χ2v) is 6.96. The Kier molecular flexibility index (Phi) is 7.50. The highest BCUT2D eigenvalue weighted by atomic mass is 16.5. The number of nitrogens with zero attached hydrogens (tertiary/aromatic N) is 2. The molecule has 1 amide bonds. The molecule has 0 aliphatic rings. The molecule has 3 rings (SSSR count). The normalized spacial score (nSPS) is 10.8. The van der Waals surface area contributed by atoms with E-state index >= 15 is 0 Å². The predicted octanol–water partition coefficient (Wildman–Crippen LogP) is 3.97. The lowest BCUT2D eigenvalue weighted by atomic mass is 10.2. The fourth-order valence-corrected chi connectivity index (χ4v) is 3.37. The summed E-state index contributed by atoms with van der Waals surface area (Å²) in [6.45, 7) is 3.75. The van der Waals surface area contributed by atoms with E-state index in [1.807, 2.05) is 42.5 Å². The molecule has 0 bridgehead atoms. The number of hydrogen-bond acceptors (Lipinski definition) is 4. The highest BCUT2D eigenvalue weighted by Gasteiger charge is 2.10. The van der Waals surface area contributed by atoms with E-state index in [2.05, 4.69) is 16.0 Å². The van der Waals surface area contributed by atoms with Crippen LogP contribution in [-0.4, -0.2) is 35.7 Å². The van der Waals surface area contributed by atoms with Crippen LogP contribution >= 0.6 is 0 Å². The van der Waals surface area contributed by atoms with Crippen molar-refractivity contribution in [3.8, 4) is 11.5 Å². The number of unbranched alkanes of at least 4 members (excludes halogenated alkanes) is 1. The van der Waals surface area contributed by atoms with E-state index in [4.69, 9.17) is 14.5 Å². The molecule has 2 aromatic carbocycles. The maximum atomic E-state index is 11.1. The standard InChI is InChI=1S/C23H29N3O3/c1-18(27)24-15-9-14-23-25-19-10-3-4-11-20(19)26(23)16-7-8-17-29-22-13-6-5-12-21(22)28-2/h3-6,10-13H,7-9,14-17H2,1-2H3,(H,24,27). The first kappa shape index (κ1) is 20.7. The minimum atomic E-state index is 0.00792. The summed E-state index contributed by atoms with van der Waals surface area (Å²) in [7, 11) is 1.65. The summed E-state index contributed by atoms with van der Waals surface area (Å²) < 4.78 is 13.5. The zero-order valence-electron chi connectivity index (χ0n) is 17.2. The molecule has 0 fully saturated rings. The Morgan fingerprint density at radius 1 is 1.03 bits per heavy atom. The van der Waals surface area contributed by atoms with Crippen LogP contribution in [0.2, 0.25) is 0 Å². The van der Waals surface area contributed by atoms with E-state index in [9.17, 15) is 4.79 Å². The number of hydrogen-bond donors (Lipinski definition) is 1. The number of carbonyl (C=O) groups is 1. The van der Waals surface area contributed by atoms with Crippen molar-refractivity contribution in [1.82, 2.24) is 14.9 Å². The highest BCUT2D eigenvalue weighted by Crippen LogP contribution is 2.26. The number of carbonyl (C=O) groups excluding carboxylic acids is 1. The van der Waals surface area contributed by atoms with E-state index in [1.165, 1.54) is 0 Å². The van der Waals surface area contributed by atoms with Crippen LogP contribution in [0.5, 0.6) is 11.5 Å². The molecule has 1 aromatic heterocycles. The number of aryl methyl sites for hydroxylation is 2. The van der Waals surface area contributed by atoms with Gasteiger partial charge in [-0.1, -0.05) is 24.3 Å². The van der Waals surface area contributed by atoms with E-state index in [-0.39, 0.29) is 5.91 Å². The first-order valence-electron chi connectivity index (χ1n) is 10.1. The Balaban J connectivity index is 1.55. The summed E-state index contributed by atoms with van der Waals surface area (Å²) in [5, 5.41) is 2.85. The fraction of sp³-hybridized carbons (Fsp3) is 0.391. The smallest absolute Gasteiger partial charge is 0.216 e. The summed E-state index contributed by atoms with van der Waals surface area (Å²) in [4.78, 5) is 15.9. The molecule has 0 atom stereocenters. The minimum absolute atomic E-state index is 0.00792. The molecule has 0 saturated carbocycles. The summed E-state index contributed by atoms with van der Waals surface area (Å²) in [5.74, 6) is 2.62. The van der Waals surface area contributed by atoms with Crippen LogP contribution in [0, 0.1) is 0 Å². The van der Waals surface area contributed by atoms with Crippen molar-refractivity contribution in [2.24, 2.45) is 0 Å². The van der Waals surface area contributed by atoms with Gasteiger partial charge in [0.2, 0.25) is 5.91 Å². The molecule has 0 aliphatic heterocycles. The quantitative estimate of drug-likeness (QED) is 0.499. The van der Waals surface area contributed by atoms with E-state index in [0.29, 0.717) is 13.2 Å². The van der Waals surface area contributed by atoms with Gasteiger partial charge >= 0.3 is 0 Å². The lowest BCUT2D eigenvalue weighted by Gasteiger charge is -2.12. The van der Waals surface area contributed by atoms with Crippen LogP contribution in [0.1, 0.15) is 32.0 Å². The number of aromatic nitrogens is 2. The van der Waals surface area contributed by atoms with Gasteiger partial charge in [0.25, 0.3) is 0 Å².